The first-order valence-corrected chi connectivity index (χ1v) is 5.86. The topological polar surface area (TPSA) is 92.5 Å². The van der Waals surface area contributed by atoms with Gasteiger partial charge in [0.2, 0.25) is 0 Å². The fraction of sp³-hybridized carbons (Fsp3) is 0.800. The SMILES string of the molecule is C[N+](C)(C)C[C@@H](CC(=O)[O-])OC(=O)[C@@H](N)CS. The second-order valence-corrected chi connectivity index (χ2v) is 5.26. The number of carboxylic acid groups (broad SMARTS) is 1. The van der Waals surface area contributed by atoms with Crippen LogP contribution in [0.15, 0.2) is 0 Å². The number of nitrogens with zero attached hydrogens (tertiary/aromatic N) is 1. The molecule has 0 spiro atoms. The Labute approximate surface area is 107 Å². The van der Waals surface area contributed by atoms with E-state index in [0.717, 1.165) is 0 Å². The number of carboxylic acids is 1. The third-order valence-electron chi connectivity index (χ3n) is 1.93. The summed E-state index contributed by atoms with van der Waals surface area (Å²) in [5.74, 6) is -1.74. The molecule has 0 saturated carbocycles. The van der Waals surface area contributed by atoms with Crippen LogP contribution in [-0.4, -0.2) is 62.0 Å². The van der Waals surface area contributed by atoms with Crippen molar-refractivity contribution < 1.29 is 23.9 Å². The number of esters is 1. The highest BCUT2D eigenvalue weighted by molar-refractivity contribution is 7.80. The molecule has 100 valence electrons. The average molecular weight is 264 g/mol. The monoisotopic (exact) mass is 264 g/mol. The molecule has 0 bridgehead atoms. The molecule has 0 aliphatic heterocycles. The lowest BCUT2D eigenvalue weighted by molar-refractivity contribution is -0.873. The number of hydrogen-bond donors (Lipinski definition) is 2. The van der Waals surface area contributed by atoms with Crippen molar-refractivity contribution in [3.8, 4) is 0 Å². The zero-order valence-electron chi connectivity index (χ0n) is 10.4. The molecule has 2 atom stereocenters. The van der Waals surface area contributed by atoms with E-state index in [0.29, 0.717) is 11.0 Å². The van der Waals surface area contributed by atoms with Gasteiger partial charge < -0.3 is 24.9 Å². The molecule has 0 aromatic heterocycles. The van der Waals surface area contributed by atoms with Crippen molar-refractivity contribution in [1.29, 1.82) is 0 Å². The maximum Gasteiger partial charge on any atom is 0.324 e. The van der Waals surface area contributed by atoms with Gasteiger partial charge in [0.15, 0.2) is 6.10 Å². The number of nitrogens with two attached hydrogens (primary N) is 1. The van der Waals surface area contributed by atoms with Crippen LogP contribution in [-0.2, 0) is 14.3 Å². The van der Waals surface area contributed by atoms with E-state index in [1.807, 2.05) is 21.1 Å². The first-order valence-electron chi connectivity index (χ1n) is 5.23. The van der Waals surface area contributed by atoms with E-state index >= 15 is 0 Å². The Morgan fingerprint density at radius 1 is 1.41 bits per heavy atom. The van der Waals surface area contributed by atoms with E-state index in [4.69, 9.17) is 10.5 Å². The van der Waals surface area contributed by atoms with Crippen LogP contribution in [0.5, 0.6) is 0 Å². The van der Waals surface area contributed by atoms with Crippen molar-refractivity contribution in [2.45, 2.75) is 18.6 Å². The van der Waals surface area contributed by atoms with Crippen molar-refractivity contribution in [2.24, 2.45) is 5.73 Å². The Morgan fingerprint density at radius 2 is 1.94 bits per heavy atom. The van der Waals surface area contributed by atoms with Gasteiger partial charge in [-0.3, -0.25) is 4.79 Å². The van der Waals surface area contributed by atoms with Crippen LogP contribution >= 0.6 is 12.6 Å². The lowest BCUT2D eigenvalue weighted by Gasteiger charge is -2.29. The van der Waals surface area contributed by atoms with Crippen molar-refractivity contribution in [2.75, 3.05) is 33.4 Å². The summed E-state index contributed by atoms with van der Waals surface area (Å²) in [4.78, 5) is 22.0. The van der Waals surface area contributed by atoms with E-state index in [1.54, 1.807) is 0 Å². The molecule has 0 heterocycles. The van der Waals surface area contributed by atoms with Crippen LogP contribution in [0.2, 0.25) is 0 Å². The summed E-state index contributed by atoms with van der Waals surface area (Å²) in [6.45, 7) is 0.374. The first kappa shape index (κ1) is 16.2. The predicted octanol–water partition coefficient (Wildman–Crippen LogP) is -2.00. The fourth-order valence-corrected chi connectivity index (χ4v) is 1.42. The Morgan fingerprint density at radius 3 is 2.29 bits per heavy atom. The summed E-state index contributed by atoms with van der Waals surface area (Å²) in [5, 5.41) is 10.6. The largest absolute Gasteiger partial charge is 0.550 e. The summed E-state index contributed by atoms with van der Waals surface area (Å²) in [7, 11) is 5.61. The summed E-state index contributed by atoms with van der Waals surface area (Å²) in [6, 6.07) is -0.838. The minimum Gasteiger partial charge on any atom is -0.550 e. The lowest BCUT2D eigenvalue weighted by atomic mass is 10.2. The number of carbonyl (C=O) groups excluding carboxylic acids is 2. The molecule has 0 rings (SSSR count). The van der Waals surface area contributed by atoms with E-state index < -0.39 is 24.1 Å². The van der Waals surface area contributed by atoms with Crippen LogP contribution in [0.25, 0.3) is 0 Å². The third kappa shape index (κ3) is 8.00. The number of likely N-dealkylation sites (N-methyl/N-ethyl adjacent to an activating group) is 1. The molecule has 2 N–H and O–H groups in total. The maximum atomic E-state index is 11.4. The number of rotatable bonds is 7. The molecule has 0 amide bonds. The number of hydrogen-bond acceptors (Lipinski definition) is 6. The van der Waals surface area contributed by atoms with E-state index in [2.05, 4.69) is 12.6 Å². The molecule has 0 unspecified atom stereocenters. The van der Waals surface area contributed by atoms with Gasteiger partial charge in [0, 0.05) is 18.1 Å². The molecule has 0 aliphatic carbocycles. The zero-order chi connectivity index (χ0) is 13.6. The maximum absolute atomic E-state index is 11.4. The van der Waals surface area contributed by atoms with Gasteiger partial charge in [-0.05, 0) is 0 Å². The van der Waals surface area contributed by atoms with Crippen LogP contribution in [0.4, 0.5) is 0 Å². The van der Waals surface area contributed by atoms with Gasteiger partial charge in [-0.25, -0.2) is 0 Å². The van der Waals surface area contributed by atoms with E-state index in [9.17, 15) is 14.7 Å². The summed E-state index contributed by atoms with van der Waals surface area (Å²) >= 11 is 3.88. The second-order valence-electron chi connectivity index (χ2n) is 4.90. The molecule has 6 nitrogen and oxygen atoms in total. The predicted molar refractivity (Wildman–Crippen MR) is 64.2 cm³/mol. The minimum absolute atomic E-state index is 0.154. The quantitative estimate of drug-likeness (QED) is 0.315. The zero-order valence-corrected chi connectivity index (χ0v) is 11.3. The number of thiol groups is 1. The summed E-state index contributed by atoms with van der Waals surface area (Å²) < 4.78 is 5.51. The van der Waals surface area contributed by atoms with E-state index in [-0.39, 0.29) is 12.2 Å². The van der Waals surface area contributed by atoms with Crippen molar-refractivity contribution in [3.63, 3.8) is 0 Å². The molecule has 17 heavy (non-hydrogen) atoms. The molecule has 0 fully saturated rings. The molecule has 0 aromatic rings. The van der Waals surface area contributed by atoms with Gasteiger partial charge in [-0.15, -0.1) is 0 Å². The molecular weight excluding hydrogens is 244 g/mol. The van der Waals surface area contributed by atoms with Crippen molar-refractivity contribution in [3.05, 3.63) is 0 Å². The van der Waals surface area contributed by atoms with Crippen molar-refractivity contribution >= 4 is 24.6 Å². The van der Waals surface area contributed by atoms with Gasteiger partial charge in [0.1, 0.15) is 12.6 Å². The Kier molecular flexibility index (Phi) is 6.51. The second kappa shape index (κ2) is 6.83. The molecule has 0 aliphatic rings. The number of carbonyl (C=O) groups is 2. The van der Waals surface area contributed by atoms with Crippen LogP contribution in [0.3, 0.4) is 0 Å². The molecule has 0 radical (unpaired) electrons. The lowest BCUT2D eigenvalue weighted by Crippen LogP contribution is -2.47. The summed E-state index contributed by atoms with van der Waals surface area (Å²) in [6.07, 6.45) is -1.07. The molecule has 0 saturated heterocycles. The van der Waals surface area contributed by atoms with E-state index in [1.165, 1.54) is 0 Å². The number of aliphatic carboxylic acids is 1. The smallest absolute Gasteiger partial charge is 0.324 e. The third-order valence-corrected chi connectivity index (χ3v) is 2.32. The van der Waals surface area contributed by atoms with Crippen LogP contribution in [0, 0.1) is 0 Å². The standard InChI is InChI=1S/C10H20N2O4S/c1-12(2,3)5-7(4-9(13)14)16-10(15)8(11)6-17/h7-8H,4-6,11H2,1-3H3,(H-,13,14,17)/t7-,8+/m1/s1. The Bertz CT molecular complexity index is 278. The summed E-state index contributed by atoms with van der Waals surface area (Å²) in [5.41, 5.74) is 5.44. The average Bonchev–Trinajstić information content (AvgIpc) is 2.12. The number of ether oxygens (including phenoxy) is 1. The highest BCUT2D eigenvalue weighted by Crippen LogP contribution is 2.06. The van der Waals surface area contributed by atoms with Gasteiger partial charge >= 0.3 is 5.97 Å². The normalized spacial score (nSPS) is 15.1. The molecule has 7 heteroatoms. The van der Waals surface area contributed by atoms with Gasteiger partial charge in [0.25, 0.3) is 0 Å². The highest BCUT2D eigenvalue weighted by atomic mass is 32.1. The highest BCUT2D eigenvalue weighted by Gasteiger charge is 2.24. The molecule has 0 aromatic carbocycles. The van der Waals surface area contributed by atoms with Gasteiger partial charge in [0.05, 0.1) is 21.1 Å². The minimum atomic E-state index is -1.25. The molecular formula is C10H20N2O4S. The van der Waals surface area contributed by atoms with Crippen molar-refractivity contribution in [1.82, 2.24) is 0 Å². The van der Waals surface area contributed by atoms with Gasteiger partial charge in [-0.2, -0.15) is 12.6 Å². The first-order chi connectivity index (χ1) is 7.65. The van der Waals surface area contributed by atoms with Crippen LogP contribution < -0.4 is 10.8 Å². The van der Waals surface area contributed by atoms with Crippen LogP contribution in [0.1, 0.15) is 6.42 Å². The fourth-order valence-electron chi connectivity index (χ4n) is 1.27. The Hall–Kier alpha value is -0.790. The Balaban J connectivity index is 4.48. The van der Waals surface area contributed by atoms with Gasteiger partial charge in [-0.1, -0.05) is 0 Å². The number of quaternary nitrogens is 1.